The lowest BCUT2D eigenvalue weighted by Gasteiger charge is -2.29. The minimum Gasteiger partial charge on any atom is -0.493 e. The summed E-state index contributed by atoms with van der Waals surface area (Å²) in [5.41, 5.74) is -0.803. The monoisotopic (exact) mass is 346 g/mol. The SMILES string of the molecule is COc1cc(C#N)ccc1OCC(=O)NC1(C(=O)O)CCCCCC1. The van der Waals surface area contributed by atoms with Crippen molar-refractivity contribution in [3.05, 3.63) is 23.8 Å². The first-order valence-electron chi connectivity index (χ1n) is 8.26. The summed E-state index contributed by atoms with van der Waals surface area (Å²) in [6.45, 7) is -0.322. The standard InChI is InChI=1S/C18H22N2O5/c1-24-15-10-13(11-19)6-7-14(15)25-12-16(21)20-18(17(22)23)8-4-2-3-5-9-18/h6-7,10H,2-5,8-9,12H2,1H3,(H,20,21)(H,22,23). The molecule has 0 heterocycles. The lowest BCUT2D eigenvalue weighted by atomic mass is 9.90. The number of aliphatic carboxylic acids is 1. The summed E-state index contributed by atoms with van der Waals surface area (Å²) >= 11 is 0. The highest BCUT2D eigenvalue weighted by Crippen LogP contribution is 2.29. The molecule has 1 aliphatic rings. The van der Waals surface area contributed by atoms with Crippen molar-refractivity contribution in [1.29, 1.82) is 5.26 Å². The van der Waals surface area contributed by atoms with Gasteiger partial charge in [0, 0.05) is 6.07 Å². The number of carboxylic acid groups (broad SMARTS) is 1. The van der Waals surface area contributed by atoms with E-state index in [2.05, 4.69) is 5.32 Å². The second-order valence-electron chi connectivity index (χ2n) is 6.12. The van der Waals surface area contributed by atoms with Crippen LogP contribution < -0.4 is 14.8 Å². The Morgan fingerprint density at radius 2 is 1.92 bits per heavy atom. The first-order chi connectivity index (χ1) is 12.0. The number of amides is 1. The predicted octanol–water partition coefficient (Wildman–Crippen LogP) is 2.24. The van der Waals surface area contributed by atoms with Crippen molar-refractivity contribution in [3.63, 3.8) is 0 Å². The van der Waals surface area contributed by atoms with Crippen molar-refractivity contribution >= 4 is 11.9 Å². The Hall–Kier alpha value is -2.75. The third-order valence-electron chi connectivity index (χ3n) is 4.40. The lowest BCUT2D eigenvalue weighted by Crippen LogP contribution is -2.55. The Morgan fingerprint density at radius 1 is 1.24 bits per heavy atom. The fourth-order valence-corrected chi connectivity index (χ4v) is 3.03. The lowest BCUT2D eigenvalue weighted by molar-refractivity contribution is -0.148. The van der Waals surface area contributed by atoms with Crippen LogP contribution in [-0.2, 0) is 9.59 Å². The molecule has 7 nitrogen and oxygen atoms in total. The molecule has 0 unspecified atom stereocenters. The van der Waals surface area contributed by atoms with Crippen LogP contribution in [0.5, 0.6) is 11.5 Å². The molecule has 0 aromatic heterocycles. The highest BCUT2D eigenvalue weighted by atomic mass is 16.5. The van der Waals surface area contributed by atoms with Gasteiger partial charge < -0.3 is 19.9 Å². The molecule has 1 amide bonds. The van der Waals surface area contributed by atoms with Crippen LogP contribution in [0.3, 0.4) is 0 Å². The number of nitrogens with zero attached hydrogens (tertiary/aromatic N) is 1. The molecule has 0 saturated heterocycles. The van der Waals surface area contributed by atoms with Crippen LogP contribution >= 0.6 is 0 Å². The maximum atomic E-state index is 12.2. The van der Waals surface area contributed by atoms with Crippen LogP contribution in [0.2, 0.25) is 0 Å². The van der Waals surface area contributed by atoms with E-state index in [1.54, 1.807) is 12.1 Å². The molecule has 0 atom stereocenters. The van der Waals surface area contributed by atoms with Crippen molar-refractivity contribution in [2.75, 3.05) is 13.7 Å². The van der Waals surface area contributed by atoms with Crippen molar-refractivity contribution in [2.24, 2.45) is 0 Å². The molecule has 1 saturated carbocycles. The molecule has 0 bridgehead atoms. The summed E-state index contributed by atoms with van der Waals surface area (Å²) in [6, 6.07) is 6.60. The Kier molecular flexibility index (Phi) is 6.23. The van der Waals surface area contributed by atoms with Crippen LogP contribution in [0.25, 0.3) is 0 Å². The number of carbonyl (C=O) groups excluding carboxylic acids is 1. The highest BCUT2D eigenvalue weighted by molar-refractivity contribution is 5.87. The summed E-state index contributed by atoms with van der Waals surface area (Å²) < 4.78 is 10.6. The third-order valence-corrected chi connectivity index (χ3v) is 4.40. The number of carbonyl (C=O) groups is 2. The molecule has 0 spiro atoms. The zero-order valence-electron chi connectivity index (χ0n) is 14.2. The second-order valence-corrected chi connectivity index (χ2v) is 6.12. The van der Waals surface area contributed by atoms with Gasteiger partial charge in [-0.2, -0.15) is 5.26 Å². The van der Waals surface area contributed by atoms with Crippen molar-refractivity contribution in [2.45, 2.75) is 44.1 Å². The average molecular weight is 346 g/mol. The average Bonchev–Trinajstić information content (AvgIpc) is 2.86. The van der Waals surface area contributed by atoms with Crippen LogP contribution in [0.4, 0.5) is 0 Å². The Balaban J connectivity index is 2.02. The van der Waals surface area contributed by atoms with Gasteiger partial charge in [0.25, 0.3) is 5.91 Å². The highest BCUT2D eigenvalue weighted by Gasteiger charge is 2.40. The molecular formula is C18H22N2O5. The minimum atomic E-state index is -1.22. The second kappa shape index (κ2) is 8.38. The van der Waals surface area contributed by atoms with Gasteiger partial charge in [-0.25, -0.2) is 4.79 Å². The Labute approximate surface area is 146 Å². The number of ether oxygens (including phenoxy) is 2. The molecule has 134 valence electrons. The summed E-state index contributed by atoms with van der Waals surface area (Å²) in [5, 5.41) is 21.1. The Bertz CT molecular complexity index is 673. The molecule has 7 heteroatoms. The quantitative estimate of drug-likeness (QED) is 0.765. The Morgan fingerprint density at radius 3 is 2.48 bits per heavy atom. The van der Waals surface area contributed by atoms with E-state index in [1.807, 2.05) is 6.07 Å². The summed E-state index contributed by atoms with van der Waals surface area (Å²) in [7, 11) is 1.44. The maximum absolute atomic E-state index is 12.2. The number of nitriles is 1. The number of methoxy groups -OCH3 is 1. The molecule has 0 aliphatic heterocycles. The van der Waals surface area contributed by atoms with Gasteiger partial charge in [-0.15, -0.1) is 0 Å². The van der Waals surface area contributed by atoms with Gasteiger partial charge in [-0.1, -0.05) is 25.7 Å². The maximum Gasteiger partial charge on any atom is 0.329 e. The molecule has 1 aliphatic carbocycles. The van der Waals surface area contributed by atoms with Crippen molar-refractivity contribution < 1.29 is 24.2 Å². The molecule has 2 N–H and O–H groups in total. The normalized spacial score (nSPS) is 16.2. The van der Waals surface area contributed by atoms with Gasteiger partial charge >= 0.3 is 5.97 Å². The van der Waals surface area contributed by atoms with Gasteiger partial charge in [0.05, 0.1) is 18.7 Å². The van der Waals surface area contributed by atoms with E-state index in [-0.39, 0.29) is 6.61 Å². The molecular weight excluding hydrogens is 324 g/mol. The van der Waals surface area contributed by atoms with Crippen LogP contribution in [0.1, 0.15) is 44.1 Å². The number of nitrogens with one attached hydrogen (secondary N) is 1. The zero-order chi connectivity index (χ0) is 18.3. The van der Waals surface area contributed by atoms with E-state index >= 15 is 0 Å². The van der Waals surface area contributed by atoms with E-state index < -0.39 is 17.4 Å². The summed E-state index contributed by atoms with van der Waals surface area (Å²) in [4.78, 5) is 23.9. The van der Waals surface area contributed by atoms with Crippen LogP contribution in [0.15, 0.2) is 18.2 Å². The van der Waals surface area contributed by atoms with E-state index in [0.29, 0.717) is 29.9 Å². The van der Waals surface area contributed by atoms with Gasteiger partial charge in [0.15, 0.2) is 18.1 Å². The number of carboxylic acids is 1. The van der Waals surface area contributed by atoms with E-state index in [9.17, 15) is 14.7 Å². The number of rotatable bonds is 6. The van der Waals surface area contributed by atoms with E-state index in [1.165, 1.54) is 13.2 Å². The zero-order valence-corrected chi connectivity index (χ0v) is 14.2. The van der Waals surface area contributed by atoms with Crippen LogP contribution in [0, 0.1) is 11.3 Å². The van der Waals surface area contributed by atoms with Crippen molar-refractivity contribution in [3.8, 4) is 17.6 Å². The fourth-order valence-electron chi connectivity index (χ4n) is 3.03. The van der Waals surface area contributed by atoms with Crippen molar-refractivity contribution in [1.82, 2.24) is 5.32 Å². The number of hydrogen-bond acceptors (Lipinski definition) is 5. The first kappa shape index (κ1) is 18.6. The molecule has 1 aromatic carbocycles. The van der Waals surface area contributed by atoms with E-state index in [0.717, 1.165) is 25.7 Å². The topological polar surface area (TPSA) is 109 Å². The van der Waals surface area contributed by atoms with Crippen LogP contribution in [-0.4, -0.2) is 36.2 Å². The molecule has 1 aromatic rings. The molecule has 25 heavy (non-hydrogen) atoms. The van der Waals surface area contributed by atoms with Gasteiger partial charge in [-0.3, -0.25) is 4.79 Å². The van der Waals surface area contributed by atoms with Gasteiger partial charge in [0.1, 0.15) is 5.54 Å². The predicted molar refractivity (Wildman–Crippen MR) is 89.4 cm³/mol. The molecule has 1 fully saturated rings. The van der Waals surface area contributed by atoms with E-state index in [4.69, 9.17) is 14.7 Å². The molecule has 0 radical (unpaired) electrons. The summed E-state index contributed by atoms with van der Waals surface area (Å²) in [5.74, 6) is -0.828. The minimum absolute atomic E-state index is 0.321. The van der Waals surface area contributed by atoms with Gasteiger partial charge in [0.2, 0.25) is 0 Å². The summed E-state index contributed by atoms with van der Waals surface area (Å²) in [6.07, 6.45) is 4.35. The number of hydrogen-bond donors (Lipinski definition) is 2. The first-order valence-corrected chi connectivity index (χ1v) is 8.26. The molecule has 2 rings (SSSR count). The largest absolute Gasteiger partial charge is 0.493 e. The smallest absolute Gasteiger partial charge is 0.329 e. The third kappa shape index (κ3) is 4.63. The van der Waals surface area contributed by atoms with Gasteiger partial charge in [-0.05, 0) is 25.0 Å². The fraction of sp³-hybridized carbons (Fsp3) is 0.500. The number of benzene rings is 1.